The summed E-state index contributed by atoms with van der Waals surface area (Å²) in [5, 5.41) is 6.35. The first-order chi connectivity index (χ1) is 13.5. The highest BCUT2D eigenvalue weighted by Gasteiger charge is 2.27. The molecule has 4 rings (SSSR count). The Morgan fingerprint density at radius 2 is 2.07 bits per heavy atom. The summed E-state index contributed by atoms with van der Waals surface area (Å²) in [6.07, 6.45) is 6.60. The molecule has 2 aliphatic rings. The maximum Gasteiger partial charge on any atom is 0.321 e. The first-order valence-electron chi connectivity index (χ1n) is 9.52. The zero-order valence-electron chi connectivity index (χ0n) is 15.7. The van der Waals surface area contributed by atoms with Gasteiger partial charge in [0.15, 0.2) is 5.13 Å². The van der Waals surface area contributed by atoms with Crippen LogP contribution in [0.15, 0.2) is 23.1 Å². The highest BCUT2D eigenvalue weighted by atomic mass is 32.1. The van der Waals surface area contributed by atoms with Gasteiger partial charge in [-0.15, -0.1) is 0 Å². The van der Waals surface area contributed by atoms with Crippen LogP contribution in [0.5, 0.6) is 0 Å². The monoisotopic (exact) mass is 401 g/mol. The van der Waals surface area contributed by atoms with E-state index in [0.29, 0.717) is 24.6 Å². The molecule has 1 aliphatic carbocycles. The molecule has 28 heavy (non-hydrogen) atoms. The summed E-state index contributed by atoms with van der Waals surface area (Å²) in [6, 6.07) is 3.28. The Bertz CT molecular complexity index is 961. The zero-order valence-corrected chi connectivity index (χ0v) is 16.6. The molecule has 0 bridgehead atoms. The molecule has 2 aromatic rings. The topological polar surface area (TPSA) is 96.3 Å². The number of rotatable bonds is 3. The van der Waals surface area contributed by atoms with Gasteiger partial charge in [-0.2, -0.15) is 0 Å². The maximum absolute atomic E-state index is 12.8. The van der Waals surface area contributed by atoms with Gasteiger partial charge in [0, 0.05) is 37.1 Å². The van der Waals surface area contributed by atoms with E-state index < -0.39 is 0 Å². The quantitative estimate of drug-likeness (QED) is 0.823. The minimum atomic E-state index is -0.298. The number of aryl methyl sites for hydroxylation is 1. The molecule has 0 radical (unpaired) electrons. The lowest BCUT2D eigenvalue weighted by Crippen LogP contribution is -2.39. The van der Waals surface area contributed by atoms with Gasteiger partial charge in [-0.3, -0.25) is 14.9 Å². The van der Waals surface area contributed by atoms with Crippen LogP contribution in [0, 0.1) is 0 Å². The van der Waals surface area contributed by atoms with Crippen LogP contribution in [-0.2, 0) is 20.0 Å². The Labute approximate surface area is 166 Å². The van der Waals surface area contributed by atoms with E-state index in [1.54, 1.807) is 30.3 Å². The molecule has 0 saturated heterocycles. The fourth-order valence-corrected chi connectivity index (χ4v) is 4.76. The first kappa shape index (κ1) is 18.7. The number of nitrogens with one attached hydrogen (secondary N) is 2. The summed E-state index contributed by atoms with van der Waals surface area (Å²) in [4.78, 5) is 44.3. The van der Waals surface area contributed by atoms with Gasteiger partial charge in [0.2, 0.25) is 0 Å². The molecule has 0 atom stereocenters. The molecular formula is C19H23N5O3S. The van der Waals surface area contributed by atoms with E-state index in [2.05, 4.69) is 15.6 Å². The predicted octanol–water partition coefficient (Wildman–Crippen LogP) is 2.10. The normalized spacial score (nSPS) is 16.7. The van der Waals surface area contributed by atoms with E-state index in [1.807, 2.05) is 0 Å². The van der Waals surface area contributed by atoms with Crippen molar-refractivity contribution in [2.75, 3.05) is 11.9 Å². The minimum absolute atomic E-state index is 0.173. The van der Waals surface area contributed by atoms with E-state index in [9.17, 15) is 14.4 Å². The van der Waals surface area contributed by atoms with Crippen molar-refractivity contribution < 1.29 is 9.59 Å². The average molecular weight is 401 g/mol. The molecule has 9 heteroatoms. The van der Waals surface area contributed by atoms with Crippen LogP contribution in [0.1, 0.15) is 46.6 Å². The molecule has 2 aromatic heterocycles. The van der Waals surface area contributed by atoms with Crippen molar-refractivity contribution in [2.45, 2.75) is 44.7 Å². The number of hydrogen-bond donors (Lipinski definition) is 2. The lowest BCUT2D eigenvalue weighted by Gasteiger charge is -2.25. The van der Waals surface area contributed by atoms with Gasteiger partial charge < -0.3 is 14.8 Å². The Kier molecular flexibility index (Phi) is 5.17. The number of pyridine rings is 1. The third-order valence-corrected chi connectivity index (χ3v) is 6.28. The van der Waals surface area contributed by atoms with Gasteiger partial charge in [-0.05, 0) is 25.0 Å². The van der Waals surface area contributed by atoms with Crippen LogP contribution in [0.25, 0.3) is 0 Å². The van der Waals surface area contributed by atoms with E-state index in [4.69, 9.17) is 0 Å². The highest BCUT2D eigenvalue weighted by molar-refractivity contribution is 7.15. The van der Waals surface area contributed by atoms with E-state index >= 15 is 0 Å². The first-order valence-corrected chi connectivity index (χ1v) is 10.3. The summed E-state index contributed by atoms with van der Waals surface area (Å²) in [5.41, 5.74) is 0.784. The van der Waals surface area contributed by atoms with Gasteiger partial charge in [0.1, 0.15) is 5.56 Å². The van der Waals surface area contributed by atoms with Crippen LogP contribution in [0.4, 0.5) is 9.93 Å². The van der Waals surface area contributed by atoms with Crippen LogP contribution in [0.3, 0.4) is 0 Å². The van der Waals surface area contributed by atoms with Gasteiger partial charge >= 0.3 is 6.03 Å². The van der Waals surface area contributed by atoms with Crippen molar-refractivity contribution in [3.63, 3.8) is 0 Å². The number of amides is 3. The van der Waals surface area contributed by atoms with Gasteiger partial charge in [-0.25, -0.2) is 9.78 Å². The lowest BCUT2D eigenvalue weighted by molar-refractivity contribution is 0.0733. The fraction of sp³-hybridized carbons (Fsp3) is 0.474. The zero-order chi connectivity index (χ0) is 19.7. The molecule has 3 amide bonds. The smallest absolute Gasteiger partial charge is 0.321 e. The Hall–Kier alpha value is -2.68. The lowest BCUT2D eigenvalue weighted by atomic mass is 10.1. The summed E-state index contributed by atoms with van der Waals surface area (Å²) >= 11 is 1.38. The Morgan fingerprint density at radius 1 is 1.29 bits per heavy atom. The Morgan fingerprint density at radius 3 is 2.86 bits per heavy atom. The summed E-state index contributed by atoms with van der Waals surface area (Å²) in [5.74, 6) is -0.270. The van der Waals surface area contributed by atoms with Crippen molar-refractivity contribution in [3.8, 4) is 0 Å². The van der Waals surface area contributed by atoms with Crippen molar-refractivity contribution >= 4 is 28.4 Å². The number of carbonyl (C=O) groups excluding carboxylic acids is 2. The molecule has 2 N–H and O–H groups in total. The van der Waals surface area contributed by atoms with Crippen LogP contribution < -0.4 is 16.2 Å². The van der Waals surface area contributed by atoms with E-state index in [-0.39, 0.29) is 29.1 Å². The number of urea groups is 1. The predicted molar refractivity (Wildman–Crippen MR) is 107 cm³/mol. The SMILES string of the molecule is Cn1cccc(C(=O)N2CCc3nc(NC(=O)NC4CCCC4)sc3C2)c1=O. The molecule has 0 aromatic carbocycles. The molecule has 3 heterocycles. The van der Waals surface area contributed by atoms with Crippen LogP contribution in [-0.4, -0.2) is 39.0 Å². The van der Waals surface area contributed by atoms with Crippen LogP contribution in [0.2, 0.25) is 0 Å². The standard InChI is InChI=1S/C19H23N5O3S/c1-23-9-4-7-13(16(23)25)17(26)24-10-8-14-15(11-24)28-19(21-14)22-18(27)20-12-5-2-3-6-12/h4,7,9,12H,2-3,5-6,8,10-11H2,1H3,(H2,20,21,22,27). The van der Waals surface area contributed by atoms with E-state index in [0.717, 1.165) is 36.3 Å². The summed E-state index contributed by atoms with van der Waals surface area (Å²) < 4.78 is 1.40. The van der Waals surface area contributed by atoms with Gasteiger partial charge in [-0.1, -0.05) is 24.2 Å². The van der Waals surface area contributed by atoms with Crippen molar-refractivity contribution in [2.24, 2.45) is 7.05 Å². The van der Waals surface area contributed by atoms with Crippen molar-refractivity contribution in [1.82, 2.24) is 19.8 Å². The number of nitrogens with zero attached hydrogens (tertiary/aromatic N) is 3. The largest absolute Gasteiger partial charge is 0.335 e. The molecule has 0 spiro atoms. The van der Waals surface area contributed by atoms with Gasteiger partial charge in [0.05, 0.1) is 12.2 Å². The third kappa shape index (κ3) is 3.80. The van der Waals surface area contributed by atoms with Crippen LogP contribution >= 0.6 is 11.3 Å². The van der Waals surface area contributed by atoms with Crippen molar-refractivity contribution in [3.05, 3.63) is 44.8 Å². The molecule has 1 aliphatic heterocycles. The molecule has 148 valence electrons. The molecule has 0 unspecified atom stereocenters. The molecule has 1 fully saturated rings. The average Bonchev–Trinajstić information content (AvgIpc) is 3.31. The van der Waals surface area contributed by atoms with Gasteiger partial charge in [0.25, 0.3) is 11.5 Å². The third-order valence-electron chi connectivity index (χ3n) is 5.28. The summed E-state index contributed by atoms with van der Waals surface area (Å²) in [6.45, 7) is 0.900. The number of hydrogen-bond acceptors (Lipinski definition) is 5. The van der Waals surface area contributed by atoms with E-state index in [1.165, 1.54) is 15.9 Å². The second-order valence-electron chi connectivity index (χ2n) is 7.28. The molecule has 8 nitrogen and oxygen atoms in total. The summed E-state index contributed by atoms with van der Waals surface area (Å²) in [7, 11) is 1.63. The second-order valence-corrected chi connectivity index (χ2v) is 8.37. The number of anilines is 1. The molecular weight excluding hydrogens is 378 g/mol. The Balaban J connectivity index is 1.42. The number of aromatic nitrogens is 2. The molecule has 1 saturated carbocycles. The minimum Gasteiger partial charge on any atom is -0.335 e. The number of thiazole rings is 1. The highest BCUT2D eigenvalue weighted by Crippen LogP contribution is 2.29. The number of carbonyl (C=O) groups is 2. The fourth-order valence-electron chi connectivity index (χ4n) is 3.74. The second kappa shape index (κ2) is 7.75. The number of fused-ring (bicyclic) bond motifs is 1. The van der Waals surface area contributed by atoms with Crippen molar-refractivity contribution in [1.29, 1.82) is 0 Å². The maximum atomic E-state index is 12.8.